The quantitative estimate of drug-likeness (QED) is 0.219. The number of amides is 1. The summed E-state index contributed by atoms with van der Waals surface area (Å²) in [6, 6.07) is 3.33. The van der Waals surface area contributed by atoms with Gasteiger partial charge in [0.1, 0.15) is 5.69 Å². The summed E-state index contributed by atoms with van der Waals surface area (Å²) < 4.78 is 6.23. The molecule has 0 saturated carbocycles. The predicted octanol–water partition coefficient (Wildman–Crippen LogP) is 2.10. The molecule has 27 heavy (non-hydrogen) atoms. The van der Waals surface area contributed by atoms with Crippen molar-refractivity contribution in [2.24, 2.45) is 0 Å². The molecule has 0 aromatic carbocycles. The van der Waals surface area contributed by atoms with Gasteiger partial charge in [-0.2, -0.15) is 32.3 Å². The average Bonchev–Trinajstić information content (AvgIpc) is 2.92. The van der Waals surface area contributed by atoms with Gasteiger partial charge in [0.25, 0.3) is 0 Å². The SMILES string of the molecule is CCOC(=O)c1c(O)c(-c2ccncc2)nn1CCN[C-]=O.C[C-](C)C.[U+2]. The molecule has 2 N–H and O–H groups in total. The molecule has 0 aliphatic carbocycles. The predicted molar refractivity (Wildman–Crippen MR) is 97.0 cm³/mol. The normalized spacial score (nSPS) is 9.67. The summed E-state index contributed by atoms with van der Waals surface area (Å²) in [7, 11) is 0. The maximum Gasteiger partial charge on any atom is 2.00 e. The van der Waals surface area contributed by atoms with Crippen LogP contribution in [0.25, 0.3) is 11.3 Å². The monoisotopic (exact) mass is 598 g/mol. The number of aromatic hydroxyl groups is 1. The molecule has 0 atom stereocenters. The zero-order valence-corrected chi connectivity index (χ0v) is 20.1. The van der Waals surface area contributed by atoms with E-state index in [0.29, 0.717) is 5.56 Å². The first kappa shape index (κ1) is 25.2. The summed E-state index contributed by atoms with van der Waals surface area (Å²) in [5.41, 5.74) is 0.814. The van der Waals surface area contributed by atoms with Crippen molar-refractivity contribution >= 4 is 12.4 Å². The van der Waals surface area contributed by atoms with E-state index in [2.05, 4.69) is 36.2 Å². The summed E-state index contributed by atoms with van der Waals surface area (Å²) in [5, 5.41) is 16.9. The zero-order valence-electron chi connectivity index (χ0n) is 15.9. The minimum atomic E-state index is -0.678. The molecule has 2 aromatic rings. The number of nitrogens with one attached hydrogen (secondary N) is 1. The van der Waals surface area contributed by atoms with E-state index >= 15 is 0 Å². The fourth-order valence-electron chi connectivity index (χ4n) is 1.93. The van der Waals surface area contributed by atoms with Crippen LogP contribution in [0.4, 0.5) is 0 Å². The van der Waals surface area contributed by atoms with Gasteiger partial charge in [0.15, 0.2) is 11.4 Å². The zero-order chi connectivity index (χ0) is 19.5. The van der Waals surface area contributed by atoms with Crippen molar-refractivity contribution in [3.8, 4) is 17.0 Å². The van der Waals surface area contributed by atoms with Crippen LogP contribution in [0.5, 0.6) is 5.75 Å². The average molecular weight is 598 g/mol. The van der Waals surface area contributed by atoms with E-state index < -0.39 is 5.97 Å². The molecule has 0 fully saturated rings. The number of nitrogens with zero attached hydrogens (tertiary/aromatic N) is 3. The second-order valence-electron chi connectivity index (χ2n) is 5.75. The fraction of sp³-hybridized carbons (Fsp3) is 0.389. The van der Waals surface area contributed by atoms with Gasteiger partial charge in [-0.1, -0.05) is 0 Å². The van der Waals surface area contributed by atoms with Crippen LogP contribution in [0, 0.1) is 37.0 Å². The Labute approximate surface area is 183 Å². The first-order valence-electron chi connectivity index (χ1n) is 8.16. The maximum absolute atomic E-state index is 12.0. The van der Waals surface area contributed by atoms with Crippen LogP contribution in [-0.4, -0.2) is 45.4 Å². The molecule has 0 spiro atoms. The minimum absolute atomic E-state index is 0. The molecule has 0 aliphatic rings. The van der Waals surface area contributed by atoms with Crippen molar-refractivity contribution in [2.45, 2.75) is 34.2 Å². The number of hydrogen-bond donors (Lipinski definition) is 2. The molecule has 0 unspecified atom stereocenters. The molecule has 144 valence electrons. The van der Waals surface area contributed by atoms with E-state index in [4.69, 9.17) is 4.74 Å². The van der Waals surface area contributed by atoms with Gasteiger partial charge in [-0.25, -0.2) is 4.79 Å². The maximum atomic E-state index is 12.0. The number of hydrogen-bond acceptors (Lipinski definition) is 6. The van der Waals surface area contributed by atoms with E-state index in [1.807, 2.05) is 0 Å². The molecule has 2 aromatic heterocycles. The Bertz CT molecular complexity index is 702. The fourth-order valence-corrected chi connectivity index (χ4v) is 1.93. The Morgan fingerprint density at radius 2 is 1.93 bits per heavy atom. The Hall–Kier alpha value is -1.85. The molecular formula is C18H24N4O4U. The Morgan fingerprint density at radius 3 is 2.44 bits per heavy atom. The summed E-state index contributed by atoms with van der Waals surface area (Å²) in [6.07, 6.45) is 4.65. The van der Waals surface area contributed by atoms with Crippen LogP contribution < -0.4 is 5.32 Å². The summed E-state index contributed by atoms with van der Waals surface area (Å²) >= 11 is 0. The van der Waals surface area contributed by atoms with Gasteiger partial charge in [0, 0.05) is 24.5 Å². The van der Waals surface area contributed by atoms with Gasteiger partial charge in [-0.3, -0.25) is 9.67 Å². The van der Waals surface area contributed by atoms with E-state index in [1.54, 1.807) is 31.5 Å². The smallest absolute Gasteiger partial charge is 0.528 e. The Kier molecular flexibility index (Phi) is 12.4. The van der Waals surface area contributed by atoms with Crippen LogP contribution in [-0.2, 0) is 16.1 Å². The summed E-state index contributed by atoms with van der Waals surface area (Å²) in [6.45, 7) is 8.51. The standard InChI is InChI=1S/C14H15N4O4.C4H9.U/c1-2-22-14(21)12-13(20)11(10-3-5-15-6-4-10)17-18(12)8-7-16-9-19;1-4(2)3;/h3-6,20H,2,7-8H2,1H3,(H,16,19);1-3H3;/q2*-1;+2. The minimum Gasteiger partial charge on any atom is -0.528 e. The molecule has 0 bridgehead atoms. The number of esters is 1. The van der Waals surface area contributed by atoms with Crippen molar-refractivity contribution in [3.63, 3.8) is 0 Å². The third-order valence-electron chi connectivity index (χ3n) is 2.87. The molecular weight excluding hydrogens is 574 g/mol. The molecule has 1 amide bonds. The largest absolute Gasteiger partial charge is 2.00 e. The van der Waals surface area contributed by atoms with Crippen LogP contribution in [0.15, 0.2) is 24.5 Å². The number of rotatable bonds is 7. The van der Waals surface area contributed by atoms with Gasteiger partial charge in [-0.05, 0) is 19.1 Å². The van der Waals surface area contributed by atoms with Crippen LogP contribution >= 0.6 is 0 Å². The van der Waals surface area contributed by atoms with Gasteiger partial charge in [-0.15, -0.1) is 0 Å². The van der Waals surface area contributed by atoms with Gasteiger partial charge in [0.2, 0.25) is 0 Å². The van der Waals surface area contributed by atoms with Gasteiger partial charge >= 0.3 is 37.1 Å². The molecule has 0 aliphatic heterocycles. The number of carbonyl (C=O) groups excluding carboxylic acids is 2. The van der Waals surface area contributed by atoms with E-state index in [9.17, 15) is 14.7 Å². The molecule has 2 heterocycles. The number of ether oxygens (including phenoxy) is 1. The molecule has 0 radical (unpaired) electrons. The molecule has 8 nitrogen and oxygen atoms in total. The van der Waals surface area contributed by atoms with Gasteiger partial charge < -0.3 is 25.9 Å². The number of aromatic nitrogens is 3. The summed E-state index contributed by atoms with van der Waals surface area (Å²) in [5.74, 6) is 0.475. The van der Waals surface area contributed by atoms with Crippen molar-refractivity contribution in [1.29, 1.82) is 0 Å². The van der Waals surface area contributed by atoms with Crippen LogP contribution in [0.3, 0.4) is 0 Å². The van der Waals surface area contributed by atoms with Crippen molar-refractivity contribution in [2.75, 3.05) is 13.2 Å². The molecule has 0 saturated heterocycles. The molecule has 2 rings (SSSR count). The van der Waals surface area contributed by atoms with Crippen molar-refractivity contribution in [3.05, 3.63) is 36.1 Å². The van der Waals surface area contributed by atoms with E-state index in [0.717, 1.165) is 0 Å². The second kappa shape index (κ2) is 13.3. The van der Waals surface area contributed by atoms with Crippen LogP contribution in [0.2, 0.25) is 0 Å². The first-order valence-corrected chi connectivity index (χ1v) is 8.16. The van der Waals surface area contributed by atoms with Gasteiger partial charge in [0.05, 0.1) is 13.2 Å². The van der Waals surface area contributed by atoms with Crippen molar-refractivity contribution in [1.82, 2.24) is 20.1 Å². The topological polar surface area (TPSA) is 106 Å². The number of pyridine rings is 1. The third-order valence-corrected chi connectivity index (χ3v) is 2.87. The molecule has 9 heteroatoms. The van der Waals surface area contributed by atoms with Crippen LogP contribution in [0.1, 0.15) is 38.2 Å². The Morgan fingerprint density at radius 1 is 1.33 bits per heavy atom. The van der Waals surface area contributed by atoms with E-state index in [-0.39, 0.29) is 67.9 Å². The first-order chi connectivity index (χ1) is 12.4. The third kappa shape index (κ3) is 8.14. The Balaban J connectivity index is 0.00000123. The second-order valence-corrected chi connectivity index (χ2v) is 5.75. The number of carbonyl (C=O) groups is 1. The van der Waals surface area contributed by atoms with Crippen molar-refractivity contribution < 1.29 is 50.5 Å². The summed E-state index contributed by atoms with van der Waals surface area (Å²) in [4.78, 5) is 26.1. The van der Waals surface area contributed by atoms with E-state index in [1.165, 1.54) is 17.0 Å².